The van der Waals surface area contributed by atoms with Crippen molar-refractivity contribution in [2.24, 2.45) is 0 Å². The molecule has 2 heterocycles. The molecule has 3 nitrogen and oxygen atoms in total. The van der Waals surface area contributed by atoms with Crippen molar-refractivity contribution in [3.05, 3.63) is 231 Å². The van der Waals surface area contributed by atoms with Crippen molar-refractivity contribution >= 4 is 71.6 Å². The molecule has 61 heavy (non-hydrogen) atoms. The molecule has 286 valence electrons. The van der Waals surface area contributed by atoms with Crippen LogP contribution in [0.15, 0.2) is 235 Å². The van der Waals surface area contributed by atoms with Crippen LogP contribution in [0.3, 0.4) is 0 Å². The monoisotopic (exact) mass is 778 g/mol. The van der Waals surface area contributed by atoms with Crippen molar-refractivity contribution in [2.45, 2.75) is 0 Å². The van der Waals surface area contributed by atoms with Crippen molar-refractivity contribution in [2.75, 3.05) is 4.90 Å². The number of aromatic nitrogens is 1. The second-order valence-electron chi connectivity index (χ2n) is 15.6. The smallest absolute Gasteiger partial charge is 0.159 e. The van der Waals surface area contributed by atoms with E-state index in [1.54, 1.807) is 0 Å². The SMILES string of the molecule is c1ccc(-c2ccc(N(c3ccccc3-c3ccccc3)c3cccc4c3oc3cc(-c5cccc6c5c5ccccc5n6-c5ccccc5)c5ccccc5c34)cc2)cc1. The van der Waals surface area contributed by atoms with Crippen molar-refractivity contribution in [3.63, 3.8) is 0 Å². The van der Waals surface area contributed by atoms with E-state index >= 15 is 0 Å². The third kappa shape index (κ3) is 5.66. The summed E-state index contributed by atoms with van der Waals surface area (Å²) in [6, 6.07) is 82.6. The maximum atomic E-state index is 7.24. The lowest BCUT2D eigenvalue weighted by Gasteiger charge is -2.28. The molecule has 0 saturated heterocycles. The number of hydrogen-bond donors (Lipinski definition) is 0. The van der Waals surface area contributed by atoms with Crippen LogP contribution in [0.4, 0.5) is 17.1 Å². The number of anilines is 3. The molecule has 0 fully saturated rings. The molecule has 0 saturated carbocycles. The lowest BCUT2D eigenvalue weighted by atomic mass is 9.92. The second kappa shape index (κ2) is 14.3. The van der Waals surface area contributed by atoms with E-state index < -0.39 is 0 Å². The van der Waals surface area contributed by atoms with Crippen molar-refractivity contribution in [3.8, 4) is 39.1 Å². The van der Waals surface area contributed by atoms with E-state index in [1.807, 2.05) is 0 Å². The molecule has 0 atom stereocenters. The van der Waals surface area contributed by atoms with Crippen LogP contribution in [-0.4, -0.2) is 4.57 Å². The minimum Gasteiger partial charge on any atom is -0.454 e. The van der Waals surface area contributed by atoms with E-state index in [4.69, 9.17) is 4.42 Å². The lowest BCUT2D eigenvalue weighted by molar-refractivity contribution is 0.669. The molecular formula is C58H38N2O. The number of benzene rings is 10. The fourth-order valence-corrected chi connectivity index (χ4v) is 9.52. The van der Waals surface area contributed by atoms with E-state index in [1.165, 1.54) is 43.9 Å². The van der Waals surface area contributed by atoms with Crippen LogP contribution < -0.4 is 4.90 Å². The van der Waals surface area contributed by atoms with Gasteiger partial charge in [-0.15, -0.1) is 0 Å². The normalized spacial score (nSPS) is 11.6. The molecule has 2 aromatic heterocycles. The Balaban J connectivity index is 1.11. The molecule has 0 amide bonds. The van der Waals surface area contributed by atoms with Crippen LogP contribution in [0, 0.1) is 0 Å². The van der Waals surface area contributed by atoms with Gasteiger partial charge < -0.3 is 13.9 Å². The third-order valence-electron chi connectivity index (χ3n) is 12.2. The lowest BCUT2D eigenvalue weighted by Crippen LogP contribution is -2.11. The molecule has 0 aliphatic heterocycles. The van der Waals surface area contributed by atoms with Gasteiger partial charge in [-0.05, 0) is 93.2 Å². The number of fused-ring (bicyclic) bond motifs is 8. The van der Waals surface area contributed by atoms with E-state index in [9.17, 15) is 0 Å². The molecular weight excluding hydrogens is 741 g/mol. The maximum Gasteiger partial charge on any atom is 0.159 e. The first-order valence-electron chi connectivity index (χ1n) is 20.9. The van der Waals surface area contributed by atoms with Crippen LogP contribution >= 0.6 is 0 Å². The average Bonchev–Trinajstić information content (AvgIpc) is 3.89. The topological polar surface area (TPSA) is 21.3 Å². The van der Waals surface area contributed by atoms with Crippen molar-refractivity contribution in [1.29, 1.82) is 0 Å². The zero-order valence-corrected chi connectivity index (χ0v) is 33.2. The largest absolute Gasteiger partial charge is 0.454 e. The molecule has 10 aromatic carbocycles. The molecule has 12 rings (SSSR count). The molecule has 3 heteroatoms. The predicted octanol–water partition coefficient (Wildman–Crippen LogP) is 16.3. The van der Waals surface area contributed by atoms with Gasteiger partial charge in [-0.1, -0.05) is 176 Å². The fourth-order valence-electron chi connectivity index (χ4n) is 9.52. The standard InChI is InChI=1S/C58H38N2O/c1-4-18-39(19-5-1)40-34-36-43(37-35-40)60(51-30-14-12-24-44(51)41-20-6-2-7-21-41)54-33-17-29-49-57-46-26-11-10-25-45(46)50(38-55(57)61-58(49)54)47-28-16-32-53-56(47)48-27-13-15-31-52(48)59(53)42-22-8-3-9-23-42/h1-38H. The van der Waals surface area contributed by atoms with Gasteiger partial charge in [-0.3, -0.25) is 0 Å². The van der Waals surface area contributed by atoms with Crippen LogP contribution in [0.25, 0.3) is 93.6 Å². The van der Waals surface area contributed by atoms with Gasteiger partial charge in [0.25, 0.3) is 0 Å². The number of hydrogen-bond acceptors (Lipinski definition) is 2. The Bertz CT molecular complexity index is 3570. The quantitative estimate of drug-likeness (QED) is 0.161. The Hall–Kier alpha value is -8.14. The van der Waals surface area contributed by atoms with Gasteiger partial charge in [0, 0.05) is 38.5 Å². The molecule has 0 aliphatic rings. The molecule has 0 aliphatic carbocycles. The van der Waals surface area contributed by atoms with Crippen LogP contribution in [0.1, 0.15) is 0 Å². The number of nitrogens with zero attached hydrogens (tertiary/aromatic N) is 2. The highest BCUT2D eigenvalue weighted by Crippen LogP contribution is 2.49. The summed E-state index contributed by atoms with van der Waals surface area (Å²) < 4.78 is 9.63. The minimum atomic E-state index is 0.841. The second-order valence-corrected chi connectivity index (χ2v) is 15.6. The zero-order chi connectivity index (χ0) is 40.3. The highest BCUT2D eigenvalue weighted by atomic mass is 16.3. The van der Waals surface area contributed by atoms with Gasteiger partial charge in [0.2, 0.25) is 0 Å². The predicted molar refractivity (Wildman–Crippen MR) is 257 cm³/mol. The Kier molecular flexibility index (Phi) is 8.17. The van der Waals surface area contributed by atoms with E-state index in [2.05, 4.69) is 240 Å². The first-order chi connectivity index (χ1) is 30.3. The van der Waals surface area contributed by atoms with Crippen molar-refractivity contribution < 1.29 is 4.42 Å². The molecule has 0 bridgehead atoms. The fraction of sp³-hybridized carbons (Fsp3) is 0. The van der Waals surface area contributed by atoms with Crippen LogP contribution in [0.2, 0.25) is 0 Å². The van der Waals surface area contributed by atoms with E-state index in [-0.39, 0.29) is 0 Å². The minimum absolute atomic E-state index is 0.841. The zero-order valence-electron chi connectivity index (χ0n) is 33.2. The number of para-hydroxylation sites is 4. The molecule has 0 N–H and O–H groups in total. The highest BCUT2D eigenvalue weighted by Gasteiger charge is 2.24. The Morgan fingerprint density at radius 1 is 0.344 bits per heavy atom. The summed E-state index contributed by atoms with van der Waals surface area (Å²) in [4.78, 5) is 2.37. The first kappa shape index (κ1) is 34.9. The summed E-state index contributed by atoms with van der Waals surface area (Å²) >= 11 is 0. The summed E-state index contributed by atoms with van der Waals surface area (Å²) in [6.45, 7) is 0. The van der Waals surface area contributed by atoms with Crippen LogP contribution in [0.5, 0.6) is 0 Å². The first-order valence-corrected chi connectivity index (χ1v) is 20.9. The summed E-state index contributed by atoms with van der Waals surface area (Å²) in [5.41, 5.74) is 15.3. The summed E-state index contributed by atoms with van der Waals surface area (Å²) in [6.07, 6.45) is 0. The molecule has 0 spiro atoms. The van der Waals surface area contributed by atoms with E-state index in [0.29, 0.717) is 0 Å². The van der Waals surface area contributed by atoms with Gasteiger partial charge in [0.1, 0.15) is 5.58 Å². The Morgan fingerprint density at radius 3 is 1.69 bits per heavy atom. The third-order valence-corrected chi connectivity index (χ3v) is 12.2. The van der Waals surface area contributed by atoms with E-state index in [0.717, 1.165) is 66.8 Å². The van der Waals surface area contributed by atoms with Gasteiger partial charge >= 0.3 is 0 Å². The summed E-state index contributed by atoms with van der Waals surface area (Å²) in [7, 11) is 0. The van der Waals surface area contributed by atoms with Crippen molar-refractivity contribution in [1.82, 2.24) is 4.57 Å². The van der Waals surface area contributed by atoms with Gasteiger partial charge in [-0.25, -0.2) is 0 Å². The average molecular weight is 779 g/mol. The number of furan rings is 1. The van der Waals surface area contributed by atoms with Gasteiger partial charge in [0.15, 0.2) is 5.58 Å². The molecule has 12 aromatic rings. The van der Waals surface area contributed by atoms with Crippen LogP contribution in [-0.2, 0) is 0 Å². The maximum absolute atomic E-state index is 7.24. The summed E-state index contributed by atoms with van der Waals surface area (Å²) in [5, 5.41) is 7.00. The van der Waals surface area contributed by atoms with Gasteiger partial charge in [-0.2, -0.15) is 0 Å². The molecule has 0 radical (unpaired) electrons. The Morgan fingerprint density at radius 2 is 0.902 bits per heavy atom. The Labute approximate surface area is 353 Å². The number of rotatable bonds is 7. The molecule has 0 unspecified atom stereocenters. The summed E-state index contributed by atoms with van der Waals surface area (Å²) in [5.74, 6) is 0. The van der Waals surface area contributed by atoms with Gasteiger partial charge in [0.05, 0.1) is 22.4 Å². The highest BCUT2D eigenvalue weighted by molar-refractivity contribution is 6.26.